The first-order chi connectivity index (χ1) is 10.5. The molecular formula is C16H16FNO3S. The van der Waals surface area contributed by atoms with Crippen LogP contribution in [0.2, 0.25) is 0 Å². The SMILES string of the molecule is Cc1c(C(=O)N2CCCCC2C(=O)O)sc2ccc(F)cc12. The maximum atomic E-state index is 13.4. The van der Waals surface area contributed by atoms with E-state index in [0.29, 0.717) is 17.8 Å². The van der Waals surface area contributed by atoms with Crippen LogP contribution in [0.4, 0.5) is 4.39 Å². The molecule has 1 unspecified atom stereocenters. The van der Waals surface area contributed by atoms with Crippen molar-refractivity contribution in [3.05, 3.63) is 34.5 Å². The van der Waals surface area contributed by atoms with E-state index in [1.165, 1.54) is 28.4 Å². The maximum absolute atomic E-state index is 13.4. The van der Waals surface area contributed by atoms with E-state index in [4.69, 9.17) is 0 Å². The zero-order valence-corrected chi connectivity index (χ0v) is 13.0. The molecule has 1 fully saturated rings. The number of piperidine rings is 1. The number of nitrogens with zero attached hydrogens (tertiary/aromatic N) is 1. The molecule has 1 aromatic carbocycles. The Morgan fingerprint density at radius 3 is 2.86 bits per heavy atom. The summed E-state index contributed by atoms with van der Waals surface area (Å²) < 4.78 is 14.2. The van der Waals surface area contributed by atoms with E-state index in [2.05, 4.69) is 0 Å². The average Bonchev–Trinajstić information content (AvgIpc) is 2.83. The maximum Gasteiger partial charge on any atom is 0.326 e. The van der Waals surface area contributed by atoms with Gasteiger partial charge in [-0.15, -0.1) is 11.3 Å². The van der Waals surface area contributed by atoms with Crippen LogP contribution in [0.15, 0.2) is 18.2 Å². The number of rotatable bonds is 2. The summed E-state index contributed by atoms with van der Waals surface area (Å²) in [5, 5.41) is 10.0. The summed E-state index contributed by atoms with van der Waals surface area (Å²) in [6.07, 6.45) is 2.12. The van der Waals surface area contributed by atoms with Gasteiger partial charge in [0.05, 0.1) is 4.88 Å². The second-order valence-electron chi connectivity index (χ2n) is 5.55. The average molecular weight is 321 g/mol. The van der Waals surface area contributed by atoms with Crippen molar-refractivity contribution in [2.75, 3.05) is 6.54 Å². The van der Waals surface area contributed by atoms with Crippen LogP contribution >= 0.6 is 11.3 Å². The molecule has 116 valence electrons. The topological polar surface area (TPSA) is 57.6 Å². The lowest BCUT2D eigenvalue weighted by molar-refractivity contribution is -0.143. The molecule has 6 heteroatoms. The predicted octanol–water partition coefficient (Wildman–Crippen LogP) is 3.43. The lowest BCUT2D eigenvalue weighted by Crippen LogP contribution is -2.47. The molecule has 22 heavy (non-hydrogen) atoms. The van der Waals surface area contributed by atoms with Crippen LogP contribution in [0.1, 0.15) is 34.5 Å². The number of thiophene rings is 1. The summed E-state index contributed by atoms with van der Waals surface area (Å²) in [5.74, 6) is -1.56. The Bertz CT molecular complexity index is 755. The third-order valence-corrected chi connectivity index (χ3v) is 5.40. The van der Waals surface area contributed by atoms with Crippen molar-refractivity contribution in [3.8, 4) is 0 Å². The Labute approximate surface area is 131 Å². The van der Waals surface area contributed by atoms with E-state index in [0.717, 1.165) is 28.5 Å². The molecule has 1 aromatic heterocycles. The summed E-state index contributed by atoms with van der Waals surface area (Å²) in [7, 11) is 0. The predicted molar refractivity (Wildman–Crippen MR) is 82.8 cm³/mol. The molecule has 2 aromatic rings. The van der Waals surface area contributed by atoms with Gasteiger partial charge in [0, 0.05) is 11.2 Å². The Balaban J connectivity index is 2.01. The van der Waals surface area contributed by atoms with Gasteiger partial charge in [-0.1, -0.05) is 0 Å². The molecule has 0 bridgehead atoms. The van der Waals surface area contributed by atoms with Gasteiger partial charge >= 0.3 is 5.97 Å². The minimum absolute atomic E-state index is 0.258. The van der Waals surface area contributed by atoms with Gasteiger partial charge in [-0.2, -0.15) is 0 Å². The Morgan fingerprint density at radius 2 is 2.14 bits per heavy atom. The molecule has 1 aliphatic rings. The van der Waals surface area contributed by atoms with E-state index in [1.807, 2.05) is 0 Å². The zero-order chi connectivity index (χ0) is 15.9. The second kappa shape index (κ2) is 5.68. The summed E-state index contributed by atoms with van der Waals surface area (Å²) in [4.78, 5) is 26.1. The second-order valence-corrected chi connectivity index (χ2v) is 6.60. The van der Waals surface area contributed by atoms with Crippen LogP contribution < -0.4 is 0 Å². The van der Waals surface area contributed by atoms with Gasteiger partial charge in [0.1, 0.15) is 11.9 Å². The number of amides is 1. The molecule has 1 saturated heterocycles. The fourth-order valence-corrected chi connectivity index (χ4v) is 4.10. The van der Waals surface area contributed by atoms with Crippen molar-refractivity contribution in [1.29, 1.82) is 0 Å². The highest BCUT2D eigenvalue weighted by molar-refractivity contribution is 7.21. The first kappa shape index (κ1) is 15.0. The molecule has 0 saturated carbocycles. The Kier molecular flexibility index (Phi) is 3.87. The lowest BCUT2D eigenvalue weighted by atomic mass is 10.0. The van der Waals surface area contributed by atoms with Gasteiger partial charge in [-0.25, -0.2) is 9.18 Å². The van der Waals surface area contributed by atoms with Gasteiger partial charge in [0.15, 0.2) is 0 Å². The quantitative estimate of drug-likeness (QED) is 0.922. The van der Waals surface area contributed by atoms with E-state index < -0.39 is 12.0 Å². The summed E-state index contributed by atoms with van der Waals surface area (Å²) >= 11 is 1.30. The van der Waals surface area contributed by atoms with E-state index in [1.54, 1.807) is 13.0 Å². The molecule has 4 nitrogen and oxygen atoms in total. The molecule has 0 aliphatic carbocycles. The summed E-state index contributed by atoms with van der Waals surface area (Å²) in [6.45, 7) is 2.24. The number of hydrogen-bond acceptors (Lipinski definition) is 3. The molecule has 1 N–H and O–H groups in total. The number of fused-ring (bicyclic) bond motifs is 1. The third kappa shape index (κ3) is 2.47. The van der Waals surface area contributed by atoms with Crippen molar-refractivity contribution in [3.63, 3.8) is 0 Å². The zero-order valence-electron chi connectivity index (χ0n) is 12.1. The van der Waals surface area contributed by atoms with Crippen LogP contribution in [0.5, 0.6) is 0 Å². The first-order valence-corrected chi connectivity index (χ1v) is 8.03. The minimum atomic E-state index is -0.960. The smallest absolute Gasteiger partial charge is 0.326 e. The minimum Gasteiger partial charge on any atom is -0.480 e. The van der Waals surface area contributed by atoms with Crippen molar-refractivity contribution in [2.24, 2.45) is 0 Å². The number of hydrogen-bond donors (Lipinski definition) is 1. The fourth-order valence-electron chi connectivity index (χ4n) is 2.96. The number of carboxylic acid groups (broad SMARTS) is 1. The number of aryl methyl sites for hydroxylation is 1. The molecular weight excluding hydrogens is 305 g/mol. The highest BCUT2D eigenvalue weighted by Crippen LogP contribution is 2.33. The van der Waals surface area contributed by atoms with Crippen LogP contribution in [0.25, 0.3) is 10.1 Å². The van der Waals surface area contributed by atoms with Gasteiger partial charge in [-0.3, -0.25) is 4.79 Å². The number of carboxylic acids is 1. The lowest BCUT2D eigenvalue weighted by Gasteiger charge is -2.32. The normalized spacial score (nSPS) is 18.6. The third-order valence-electron chi connectivity index (χ3n) is 4.14. The molecule has 1 aliphatic heterocycles. The van der Waals surface area contributed by atoms with Gasteiger partial charge < -0.3 is 10.0 Å². The number of likely N-dealkylation sites (tertiary alicyclic amines) is 1. The highest BCUT2D eigenvalue weighted by Gasteiger charge is 2.33. The Hall–Kier alpha value is -1.95. The molecule has 0 radical (unpaired) electrons. The number of benzene rings is 1. The van der Waals surface area contributed by atoms with Crippen molar-refractivity contribution in [1.82, 2.24) is 4.90 Å². The number of carbonyl (C=O) groups excluding carboxylic acids is 1. The van der Waals surface area contributed by atoms with Crippen molar-refractivity contribution in [2.45, 2.75) is 32.2 Å². The van der Waals surface area contributed by atoms with Crippen molar-refractivity contribution < 1.29 is 19.1 Å². The number of aliphatic carboxylic acids is 1. The number of carbonyl (C=O) groups is 2. The monoisotopic (exact) mass is 321 g/mol. The van der Waals surface area contributed by atoms with Crippen LogP contribution in [0.3, 0.4) is 0 Å². The molecule has 3 rings (SSSR count). The van der Waals surface area contributed by atoms with Crippen molar-refractivity contribution >= 4 is 33.3 Å². The fraction of sp³-hybridized carbons (Fsp3) is 0.375. The van der Waals surface area contributed by atoms with Crippen LogP contribution in [0, 0.1) is 12.7 Å². The number of halogens is 1. The van der Waals surface area contributed by atoms with E-state index in [9.17, 15) is 19.1 Å². The summed E-state index contributed by atoms with van der Waals surface area (Å²) in [5.41, 5.74) is 0.721. The van der Waals surface area contributed by atoms with E-state index >= 15 is 0 Å². The standard InChI is InChI=1S/C16H16FNO3S/c1-9-11-8-10(17)5-6-13(11)22-14(9)15(19)18-7-3-2-4-12(18)16(20)21/h5-6,8,12H,2-4,7H2,1H3,(H,20,21). The molecule has 0 spiro atoms. The highest BCUT2D eigenvalue weighted by atomic mass is 32.1. The molecule has 2 heterocycles. The van der Waals surface area contributed by atoms with Gasteiger partial charge in [0.25, 0.3) is 5.91 Å². The summed E-state index contributed by atoms with van der Waals surface area (Å²) in [6, 6.07) is 3.68. The Morgan fingerprint density at radius 1 is 1.36 bits per heavy atom. The first-order valence-electron chi connectivity index (χ1n) is 7.21. The largest absolute Gasteiger partial charge is 0.480 e. The van der Waals surface area contributed by atoms with E-state index in [-0.39, 0.29) is 11.7 Å². The van der Waals surface area contributed by atoms with Gasteiger partial charge in [0.2, 0.25) is 0 Å². The van der Waals surface area contributed by atoms with Crippen LogP contribution in [-0.2, 0) is 4.79 Å². The van der Waals surface area contributed by atoms with Gasteiger partial charge in [-0.05, 0) is 55.3 Å². The van der Waals surface area contributed by atoms with Crippen LogP contribution in [-0.4, -0.2) is 34.5 Å². The molecule has 1 atom stereocenters. The molecule has 1 amide bonds.